The quantitative estimate of drug-likeness (QED) is 0.0243. The van der Waals surface area contributed by atoms with Gasteiger partial charge in [-0.15, -0.1) is 0 Å². The van der Waals surface area contributed by atoms with Crippen molar-refractivity contribution in [3.05, 3.63) is 48.6 Å². The summed E-state index contributed by atoms with van der Waals surface area (Å²) in [4.78, 5) is 23.4. The number of rotatable bonds is 61. The number of quaternary nitrogens is 1. The van der Waals surface area contributed by atoms with E-state index in [1.54, 1.807) is 6.08 Å². The molecule has 0 heterocycles. The third-order valence-corrected chi connectivity index (χ3v) is 16.0. The van der Waals surface area contributed by atoms with E-state index < -0.39 is 20.0 Å². The SMILES string of the molecule is CCCCCCCCCCCCCC/C=C\CCCCCCCCCCCCCCCC(=O)NC(COP(=O)(O)OCC[N+](C)(C)C)C(O)/C=C/CC/C=C/CC/C=C/CCCCCCCCCCCCCCCCC. The molecule has 0 aliphatic carbocycles. The van der Waals surface area contributed by atoms with Gasteiger partial charge in [0.25, 0.3) is 0 Å². The van der Waals surface area contributed by atoms with Gasteiger partial charge in [-0.2, -0.15) is 0 Å². The van der Waals surface area contributed by atoms with Crippen molar-refractivity contribution in [1.82, 2.24) is 5.32 Å². The van der Waals surface area contributed by atoms with Crippen molar-refractivity contribution in [1.29, 1.82) is 0 Å². The molecular formula is C67H130N2O6P+. The van der Waals surface area contributed by atoms with E-state index in [1.165, 1.54) is 257 Å². The Morgan fingerprint density at radius 3 is 1.05 bits per heavy atom. The Kier molecular flexibility index (Phi) is 56.9. The number of nitrogens with zero attached hydrogens (tertiary/aromatic N) is 1. The number of carbonyl (C=O) groups is 1. The maximum atomic E-state index is 13.0. The second-order valence-corrected chi connectivity index (χ2v) is 25.3. The van der Waals surface area contributed by atoms with Gasteiger partial charge in [0.05, 0.1) is 39.9 Å². The minimum Gasteiger partial charge on any atom is -0.387 e. The van der Waals surface area contributed by atoms with Crippen molar-refractivity contribution < 1.29 is 32.9 Å². The van der Waals surface area contributed by atoms with Crippen LogP contribution < -0.4 is 5.32 Å². The van der Waals surface area contributed by atoms with E-state index in [4.69, 9.17) is 9.05 Å². The first-order valence-corrected chi connectivity index (χ1v) is 34.5. The Morgan fingerprint density at radius 1 is 0.434 bits per heavy atom. The van der Waals surface area contributed by atoms with Gasteiger partial charge in [0.1, 0.15) is 13.2 Å². The number of amides is 1. The van der Waals surface area contributed by atoms with Gasteiger partial charge in [-0.05, 0) is 70.6 Å². The molecule has 0 saturated heterocycles. The van der Waals surface area contributed by atoms with E-state index in [0.29, 0.717) is 17.4 Å². The highest BCUT2D eigenvalue weighted by molar-refractivity contribution is 7.47. The maximum Gasteiger partial charge on any atom is 0.472 e. The van der Waals surface area contributed by atoms with E-state index >= 15 is 0 Å². The Morgan fingerprint density at radius 2 is 0.724 bits per heavy atom. The molecular weight excluding hydrogens is 960 g/mol. The highest BCUT2D eigenvalue weighted by atomic mass is 31.2. The number of hydrogen-bond donors (Lipinski definition) is 3. The van der Waals surface area contributed by atoms with Crippen molar-refractivity contribution >= 4 is 13.7 Å². The van der Waals surface area contributed by atoms with Crippen LogP contribution in [-0.4, -0.2) is 73.4 Å². The molecule has 0 aromatic heterocycles. The summed E-state index contributed by atoms with van der Waals surface area (Å²) in [5.41, 5.74) is 0. The molecule has 0 radical (unpaired) electrons. The number of aliphatic hydroxyl groups is 1. The number of likely N-dealkylation sites (N-methyl/N-ethyl adjacent to an activating group) is 1. The highest BCUT2D eigenvalue weighted by Crippen LogP contribution is 2.43. The molecule has 0 aliphatic rings. The number of unbranched alkanes of at least 4 members (excludes halogenated alkanes) is 42. The van der Waals surface area contributed by atoms with Crippen molar-refractivity contribution in [2.75, 3.05) is 40.9 Å². The Labute approximate surface area is 473 Å². The summed E-state index contributed by atoms with van der Waals surface area (Å²) in [6, 6.07) is -0.872. The van der Waals surface area contributed by atoms with Crippen molar-refractivity contribution in [2.24, 2.45) is 0 Å². The largest absolute Gasteiger partial charge is 0.472 e. The standard InChI is InChI=1S/C67H129N2O6P/c1-6-8-10-12-14-16-18-20-22-24-26-28-30-32-33-34-35-37-39-41-43-45-47-49-51-53-55-57-59-61-67(71)68-65(64-75-76(72,73)74-63-62-69(3,4)5)66(70)60-58-56-54-52-50-48-46-44-42-40-38-36-31-29-27-25-23-21-19-17-15-13-11-9-7-2/h32-33,42,44,50,52,58,60,65-66,70H,6-31,34-41,43,45-49,51,53-57,59,61-64H2,1-5H3,(H-,68,71,72,73)/p+1/b33-32-,44-42+,52-50+,60-58+. The summed E-state index contributed by atoms with van der Waals surface area (Å²) >= 11 is 0. The molecule has 0 rings (SSSR count). The van der Waals surface area contributed by atoms with Crippen LogP contribution in [0.3, 0.4) is 0 Å². The first-order chi connectivity index (χ1) is 37.0. The first kappa shape index (κ1) is 74.5. The fraction of sp³-hybridized carbons (Fsp3) is 0.866. The number of phosphoric ester groups is 1. The molecule has 0 bridgehead atoms. The van der Waals surface area contributed by atoms with Crippen molar-refractivity contribution in [3.63, 3.8) is 0 Å². The van der Waals surface area contributed by atoms with Crippen LogP contribution in [0.1, 0.15) is 322 Å². The summed E-state index contributed by atoms with van der Waals surface area (Å²) in [5, 5.41) is 14.0. The second kappa shape index (κ2) is 58.1. The molecule has 0 fully saturated rings. The Bertz CT molecular complexity index is 1380. The summed E-state index contributed by atoms with van der Waals surface area (Å²) in [6.45, 7) is 4.83. The fourth-order valence-electron chi connectivity index (χ4n) is 9.84. The van der Waals surface area contributed by atoms with Gasteiger partial charge in [0.15, 0.2) is 0 Å². The van der Waals surface area contributed by atoms with Crippen LogP contribution in [0.15, 0.2) is 48.6 Å². The monoisotopic (exact) mass is 1090 g/mol. The summed E-state index contributed by atoms with van der Waals surface area (Å²) in [5.74, 6) is -0.187. The van der Waals surface area contributed by atoms with Crippen molar-refractivity contribution in [2.45, 2.75) is 334 Å². The van der Waals surface area contributed by atoms with Gasteiger partial charge in [-0.3, -0.25) is 13.8 Å². The molecule has 3 unspecified atom stereocenters. The number of nitrogens with one attached hydrogen (secondary N) is 1. The van der Waals surface area contributed by atoms with Crippen LogP contribution in [0.2, 0.25) is 0 Å². The summed E-state index contributed by atoms with van der Waals surface area (Å²) in [6.07, 6.45) is 78.2. The predicted octanol–water partition coefficient (Wildman–Crippen LogP) is 20.7. The van der Waals surface area contributed by atoms with E-state index in [0.717, 1.165) is 44.9 Å². The number of carbonyl (C=O) groups excluding carboxylic acids is 1. The maximum absolute atomic E-state index is 13.0. The summed E-state index contributed by atoms with van der Waals surface area (Å²) < 4.78 is 23.8. The number of hydrogen-bond acceptors (Lipinski definition) is 5. The van der Waals surface area contributed by atoms with Crippen LogP contribution in [0.4, 0.5) is 0 Å². The first-order valence-electron chi connectivity index (χ1n) is 33.0. The van der Waals surface area contributed by atoms with Gasteiger partial charge >= 0.3 is 7.82 Å². The fourth-order valence-corrected chi connectivity index (χ4v) is 10.6. The zero-order chi connectivity index (χ0) is 55.6. The lowest BCUT2D eigenvalue weighted by Crippen LogP contribution is -2.45. The minimum absolute atomic E-state index is 0.0537. The Balaban J connectivity index is 4.16. The van der Waals surface area contributed by atoms with E-state index in [9.17, 15) is 19.4 Å². The molecule has 0 aromatic rings. The number of aliphatic hydroxyl groups excluding tert-OH is 1. The molecule has 0 spiro atoms. The van der Waals surface area contributed by atoms with E-state index in [1.807, 2.05) is 27.2 Å². The van der Waals surface area contributed by atoms with Crippen molar-refractivity contribution in [3.8, 4) is 0 Å². The average molecular weight is 1090 g/mol. The molecule has 3 atom stereocenters. The lowest BCUT2D eigenvalue weighted by atomic mass is 10.0. The van der Waals surface area contributed by atoms with Crippen LogP contribution in [0, 0.1) is 0 Å². The zero-order valence-electron chi connectivity index (χ0n) is 51.3. The smallest absolute Gasteiger partial charge is 0.387 e. The third-order valence-electron chi connectivity index (χ3n) is 15.0. The Hall–Kier alpha value is -1.54. The van der Waals surface area contributed by atoms with Crippen LogP contribution in [0.5, 0.6) is 0 Å². The van der Waals surface area contributed by atoms with Crippen LogP contribution >= 0.6 is 7.82 Å². The molecule has 0 aliphatic heterocycles. The molecule has 3 N–H and O–H groups in total. The van der Waals surface area contributed by atoms with Gasteiger partial charge in [0.2, 0.25) is 5.91 Å². The molecule has 448 valence electrons. The third kappa shape index (κ3) is 60.1. The second-order valence-electron chi connectivity index (χ2n) is 23.8. The molecule has 9 heteroatoms. The van der Waals surface area contributed by atoms with Crippen LogP contribution in [0.25, 0.3) is 0 Å². The van der Waals surface area contributed by atoms with Gasteiger partial charge in [-0.25, -0.2) is 4.57 Å². The number of phosphoric acid groups is 1. The average Bonchev–Trinajstić information content (AvgIpc) is 3.38. The lowest BCUT2D eigenvalue weighted by Gasteiger charge is -2.25. The van der Waals surface area contributed by atoms with Gasteiger partial charge in [-0.1, -0.05) is 294 Å². The van der Waals surface area contributed by atoms with Crippen LogP contribution in [-0.2, 0) is 18.4 Å². The van der Waals surface area contributed by atoms with Gasteiger partial charge < -0.3 is 19.8 Å². The van der Waals surface area contributed by atoms with Gasteiger partial charge in [0, 0.05) is 6.42 Å². The van der Waals surface area contributed by atoms with E-state index in [-0.39, 0.29) is 19.1 Å². The van der Waals surface area contributed by atoms with E-state index in [2.05, 4.69) is 55.6 Å². The minimum atomic E-state index is -4.36. The lowest BCUT2D eigenvalue weighted by molar-refractivity contribution is -0.870. The molecule has 0 aromatic carbocycles. The molecule has 1 amide bonds. The number of allylic oxidation sites excluding steroid dienone is 7. The summed E-state index contributed by atoms with van der Waals surface area (Å²) in [7, 11) is 1.55. The molecule has 0 saturated carbocycles. The predicted molar refractivity (Wildman–Crippen MR) is 332 cm³/mol. The topological polar surface area (TPSA) is 105 Å². The zero-order valence-corrected chi connectivity index (χ0v) is 52.2. The normalized spacial score (nSPS) is 14.0. The molecule has 76 heavy (non-hydrogen) atoms. The highest BCUT2D eigenvalue weighted by Gasteiger charge is 2.28. The molecule has 8 nitrogen and oxygen atoms in total.